The number of carbonyl (C=O) groups excluding carboxylic acids is 1. The lowest BCUT2D eigenvalue weighted by Gasteiger charge is -2.46. The normalized spacial score (nSPS) is 20.9. The molecular formula is C27H28F3N3O6S. The molecule has 1 aromatic heterocycles. The van der Waals surface area contributed by atoms with Crippen molar-refractivity contribution < 1.29 is 42.0 Å². The van der Waals surface area contributed by atoms with Crippen molar-refractivity contribution in [1.82, 2.24) is 4.98 Å². The number of rotatable bonds is 8. The minimum absolute atomic E-state index is 0.00435. The van der Waals surface area contributed by atoms with Crippen molar-refractivity contribution in [1.29, 1.82) is 0 Å². The van der Waals surface area contributed by atoms with Gasteiger partial charge in [0.25, 0.3) is 5.91 Å². The molecule has 0 aliphatic carbocycles. The largest absolute Gasteiger partial charge is 0.573 e. The quantitative estimate of drug-likeness (QED) is 0.366. The van der Waals surface area contributed by atoms with Gasteiger partial charge in [-0.15, -0.1) is 24.5 Å². The number of hydrogen-bond donors (Lipinski definition) is 2. The van der Waals surface area contributed by atoms with E-state index in [4.69, 9.17) is 14.2 Å². The fraction of sp³-hybridized carbons (Fsp3) is 0.407. The van der Waals surface area contributed by atoms with E-state index >= 15 is 0 Å². The first-order chi connectivity index (χ1) is 19.2. The number of anilines is 3. The van der Waals surface area contributed by atoms with Gasteiger partial charge >= 0.3 is 6.36 Å². The van der Waals surface area contributed by atoms with E-state index in [9.17, 15) is 23.1 Å². The number of carbonyl (C=O) groups is 1. The van der Waals surface area contributed by atoms with Gasteiger partial charge in [-0.2, -0.15) is 0 Å². The number of aliphatic hydroxyl groups excluding tert-OH is 1. The number of nitrogens with zero attached hydrogens (tertiary/aromatic N) is 2. The van der Waals surface area contributed by atoms with E-state index in [1.165, 1.54) is 23.5 Å². The third-order valence-electron chi connectivity index (χ3n) is 6.56. The lowest BCUT2D eigenvalue weighted by molar-refractivity contribution is -0.274. The Bertz CT molecular complexity index is 1330. The maximum absolute atomic E-state index is 13.3. The van der Waals surface area contributed by atoms with E-state index in [2.05, 4.69) is 15.0 Å². The number of nitrogens with one attached hydrogen (secondary N) is 1. The topological polar surface area (TPSA) is 102 Å². The van der Waals surface area contributed by atoms with Crippen LogP contribution in [0.4, 0.5) is 29.7 Å². The van der Waals surface area contributed by atoms with Crippen molar-refractivity contribution in [3.63, 3.8) is 0 Å². The molecule has 0 saturated carbocycles. The summed E-state index contributed by atoms with van der Waals surface area (Å²) >= 11 is 1.43. The molecule has 2 aromatic carbocycles. The minimum Gasteiger partial charge on any atom is -0.488 e. The lowest BCUT2D eigenvalue weighted by Crippen LogP contribution is -2.60. The highest BCUT2D eigenvalue weighted by Crippen LogP contribution is 2.46. The van der Waals surface area contributed by atoms with Crippen LogP contribution in [0, 0.1) is 6.92 Å². The van der Waals surface area contributed by atoms with Crippen LogP contribution in [0.1, 0.15) is 34.5 Å². The molecule has 3 aromatic rings. The number of fused-ring (bicyclic) bond motifs is 1. The predicted molar refractivity (Wildman–Crippen MR) is 141 cm³/mol. The first-order valence-electron chi connectivity index (χ1n) is 12.7. The van der Waals surface area contributed by atoms with Gasteiger partial charge in [0, 0.05) is 23.4 Å². The second-order valence-electron chi connectivity index (χ2n) is 9.55. The molecule has 1 saturated heterocycles. The summed E-state index contributed by atoms with van der Waals surface area (Å²) in [5, 5.41) is 14.0. The van der Waals surface area contributed by atoms with Crippen LogP contribution >= 0.6 is 11.3 Å². The molecule has 9 nitrogen and oxygen atoms in total. The van der Waals surface area contributed by atoms with E-state index in [0.717, 1.165) is 36.3 Å². The van der Waals surface area contributed by atoms with Crippen LogP contribution in [-0.4, -0.2) is 60.6 Å². The summed E-state index contributed by atoms with van der Waals surface area (Å²) in [7, 11) is 0. The third kappa shape index (κ3) is 6.17. The van der Waals surface area contributed by atoms with Gasteiger partial charge in [0.15, 0.2) is 17.2 Å². The number of halogens is 3. The highest BCUT2D eigenvalue weighted by atomic mass is 32.1. The fourth-order valence-electron chi connectivity index (χ4n) is 4.61. The van der Waals surface area contributed by atoms with Gasteiger partial charge < -0.3 is 34.3 Å². The van der Waals surface area contributed by atoms with E-state index in [-0.39, 0.29) is 43.1 Å². The standard InChI is InChI=1S/C27H28F3N3O6S/c1-17-13-31-25(40-17)33-21-6-4-5-20(24(35)32-18-8-10-19(11-9-18)39-27(28,29)30)23(21)38-16-26(33,14-34)15-37-22-7-2-3-12-36-22/h4-6,8-11,13,22,34H,2-3,7,12,14-16H2,1H3,(H,32,35)/t22-,26?/m0/s1. The van der Waals surface area contributed by atoms with Gasteiger partial charge in [0.05, 0.1) is 24.5 Å². The SMILES string of the molecule is Cc1cnc(N2c3cccc(C(=O)Nc4ccc(OC(F)(F)F)cc4)c3OCC2(CO)CO[C@H]2CCCCO2)s1. The highest BCUT2D eigenvalue weighted by molar-refractivity contribution is 7.15. The van der Waals surface area contributed by atoms with E-state index in [1.54, 1.807) is 24.4 Å². The molecule has 40 heavy (non-hydrogen) atoms. The Morgan fingerprint density at radius 2 is 2.05 bits per heavy atom. The molecular weight excluding hydrogens is 551 g/mol. The summed E-state index contributed by atoms with van der Waals surface area (Å²) in [6.07, 6.45) is -0.757. The average Bonchev–Trinajstić information content (AvgIpc) is 3.37. The summed E-state index contributed by atoms with van der Waals surface area (Å²) in [5.41, 5.74) is -0.0496. The van der Waals surface area contributed by atoms with E-state index in [0.29, 0.717) is 17.4 Å². The second kappa shape index (κ2) is 11.6. The van der Waals surface area contributed by atoms with Crippen molar-refractivity contribution >= 4 is 33.8 Å². The van der Waals surface area contributed by atoms with Crippen molar-refractivity contribution in [2.24, 2.45) is 0 Å². The number of alkyl halides is 3. The molecule has 1 amide bonds. The molecule has 5 rings (SSSR count). The van der Waals surface area contributed by atoms with Gasteiger partial charge in [0.2, 0.25) is 0 Å². The van der Waals surface area contributed by atoms with Crippen molar-refractivity contribution in [3.05, 3.63) is 59.1 Å². The Morgan fingerprint density at radius 1 is 1.25 bits per heavy atom. The molecule has 1 fully saturated rings. The molecule has 13 heteroatoms. The van der Waals surface area contributed by atoms with Crippen LogP contribution < -0.4 is 19.7 Å². The lowest BCUT2D eigenvalue weighted by atomic mass is 9.96. The molecule has 1 unspecified atom stereocenters. The van der Waals surface area contributed by atoms with Gasteiger partial charge in [-0.1, -0.05) is 6.07 Å². The number of amides is 1. The first kappa shape index (κ1) is 28.1. The van der Waals surface area contributed by atoms with Crippen LogP contribution in [0.5, 0.6) is 11.5 Å². The van der Waals surface area contributed by atoms with Gasteiger partial charge in [-0.3, -0.25) is 4.79 Å². The first-order valence-corrected chi connectivity index (χ1v) is 13.5. The number of para-hydroxylation sites is 1. The predicted octanol–water partition coefficient (Wildman–Crippen LogP) is 5.41. The molecule has 2 aliphatic heterocycles. The third-order valence-corrected chi connectivity index (χ3v) is 7.45. The zero-order valence-corrected chi connectivity index (χ0v) is 22.4. The number of ether oxygens (including phenoxy) is 4. The summed E-state index contributed by atoms with van der Waals surface area (Å²) in [6, 6.07) is 9.87. The van der Waals surface area contributed by atoms with Crippen LogP contribution in [0.15, 0.2) is 48.7 Å². The molecule has 2 atom stereocenters. The monoisotopic (exact) mass is 579 g/mol. The molecule has 3 heterocycles. The highest BCUT2D eigenvalue weighted by Gasteiger charge is 2.46. The molecule has 2 N–H and O–H groups in total. The Kier molecular flexibility index (Phi) is 8.17. The Morgan fingerprint density at radius 3 is 2.70 bits per heavy atom. The summed E-state index contributed by atoms with van der Waals surface area (Å²) < 4.78 is 59.3. The van der Waals surface area contributed by atoms with E-state index in [1.807, 2.05) is 11.8 Å². The number of aryl methyl sites for hydroxylation is 1. The van der Waals surface area contributed by atoms with Crippen LogP contribution in [0.2, 0.25) is 0 Å². The number of aromatic nitrogens is 1. The fourth-order valence-corrected chi connectivity index (χ4v) is 5.49. The summed E-state index contributed by atoms with van der Waals surface area (Å²) in [6.45, 7) is 2.30. The average molecular weight is 580 g/mol. The number of hydrogen-bond acceptors (Lipinski definition) is 9. The van der Waals surface area contributed by atoms with Gasteiger partial charge in [-0.25, -0.2) is 4.98 Å². The minimum atomic E-state index is -4.81. The van der Waals surface area contributed by atoms with Crippen molar-refractivity contribution in [3.8, 4) is 11.5 Å². The number of benzene rings is 2. The van der Waals surface area contributed by atoms with Crippen LogP contribution in [0.3, 0.4) is 0 Å². The number of aliphatic hydroxyl groups is 1. The Balaban J connectivity index is 1.43. The molecule has 0 bridgehead atoms. The van der Waals surface area contributed by atoms with Gasteiger partial charge in [-0.05, 0) is 62.6 Å². The Hall–Kier alpha value is -3.39. The van der Waals surface area contributed by atoms with Crippen molar-refractivity contribution in [2.75, 3.05) is 36.6 Å². The summed E-state index contributed by atoms with van der Waals surface area (Å²) in [5.74, 6) is -0.649. The molecule has 0 spiro atoms. The smallest absolute Gasteiger partial charge is 0.488 e. The second-order valence-corrected chi connectivity index (χ2v) is 10.8. The zero-order chi connectivity index (χ0) is 28.3. The molecule has 0 radical (unpaired) electrons. The van der Waals surface area contributed by atoms with E-state index < -0.39 is 23.6 Å². The maximum Gasteiger partial charge on any atom is 0.573 e. The van der Waals surface area contributed by atoms with Crippen molar-refractivity contribution in [2.45, 2.75) is 44.4 Å². The molecule has 214 valence electrons. The zero-order valence-electron chi connectivity index (χ0n) is 21.6. The maximum atomic E-state index is 13.3. The molecule has 2 aliphatic rings. The van der Waals surface area contributed by atoms with Gasteiger partial charge in [0.1, 0.15) is 17.9 Å². The number of thiazole rings is 1. The van der Waals surface area contributed by atoms with Crippen LogP contribution in [-0.2, 0) is 9.47 Å². The van der Waals surface area contributed by atoms with Crippen LogP contribution in [0.25, 0.3) is 0 Å². The summed E-state index contributed by atoms with van der Waals surface area (Å²) in [4.78, 5) is 20.6. The Labute approximate surface area is 232 Å².